The molecule has 4 rings (SSSR count). The van der Waals surface area contributed by atoms with Crippen molar-refractivity contribution in [3.05, 3.63) is 53.3 Å². The highest BCUT2D eigenvalue weighted by Gasteiger charge is 2.39. The van der Waals surface area contributed by atoms with Gasteiger partial charge in [-0.2, -0.15) is 0 Å². The molecule has 1 aromatic carbocycles. The molecule has 2 heterocycles. The summed E-state index contributed by atoms with van der Waals surface area (Å²) < 4.78 is 5.24. The van der Waals surface area contributed by atoms with E-state index in [0.717, 1.165) is 44.5 Å². The number of β-amino-alcohol motifs (C(OH)–C–C–N with tert-alkyl or cyclic N) is 1. The first kappa shape index (κ1) is 21.9. The number of aliphatic hydroxyl groups is 1. The lowest BCUT2D eigenvalue weighted by Crippen LogP contribution is -2.55. The van der Waals surface area contributed by atoms with E-state index < -0.39 is 5.60 Å². The van der Waals surface area contributed by atoms with Gasteiger partial charge in [0.1, 0.15) is 5.75 Å². The van der Waals surface area contributed by atoms with Gasteiger partial charge in [0.25, 0.3) is 0 Å². The number of amides is 2. The van der Waals surface area contributed by atoms with E-state index in [1.165, 1.54) is 0 Å². The molecular weight excluding hydrogens is 416 g/mol. The monoisotopic (exact) mass is 444 g/mol. The van der Waals surface area contributed by atoms with Crippen LogP contribution in [-0.4, -0.2) is 59.4 Å². The van der Waals surface area contributed by atoms with Crippen LogP contribution in [0.3, 0.4) is 0 Å². The number of likely N-dealkylation sites (tertiary alicyclic amines) is 1. The average molecular weight is 445 g/mol. The molecule has 1 aromatic heterocycles. The molecule has 0 radical (unpaired) electrons. The van der Waals surface area contributed by atoms with Crippen molar-refractivity contribution < 1.29 is 14.6 Å². The zero-order chi connectivity index (χ0) is 21.8. The summed E-state index contributed by atoms with van der Waals surface area (Å²) in [4.78, 5) is 19.5. The van der Waals surface area contributed by atoms with Crippen molar-refractivity contribution in [1.29, 1.82) is 0 Å². The third-order valence-electron chi connectivity index (χ3n) is 6.29. The van der Waals surface area contributed by atoms with E-state index in [4.69, 9.17) is 16.3 Å². The van der Waals surface area contributed by atoms with Gasteiger partial charge in [0.15, 0.2) is 0 Å². The Hall–Kier alpha value is -2.35. The molecule has 7 nitrogen and oxygen atoms in total. The van der Waals surface area contributed by atoms with Gasteiger partial charge in [0, 0.05) is 48.0 Å². The molecule has 3 N–H and O–H groups in total. The number of urea groups is 1. The number of halogens is 1. The Balaban J connectivity index is 1.45. The van der Waals surface area contributed by atoms with Crippen LogP contribution in [-0.2, 0) is 0 Å². The fourth-order valence-electron chi connectivity index (χ4n) is 4.40. The quantitative estimate of drug-likeness (QED) is 0.633. The maximum Gasteiger partial charge on any atom is 0.319 e. The lowest BCUT2D eigenvalue weighted by molar-refractivity contribution is -0.0640. The summed E-state index contributed by atoms with van der Waals surface area (Å²) in [7, 11) is 1.61. The fourth-order valence-corrected chi connectivity index (χ4v) is 4.52. The number of benzene rings is 1. The summed E-state index contributed by atoms with van der Waals surface area (Å²) in [5, 5.41) is 17.2. The average Bonchev–Trinajstić information content (AvgIpc) is 2.75. The number of rotatable bonds is 6. The van der Waals surface area contributed by atoms with E-state index in [9.17, 15) is 9.90 Å². The van der Waals surface area contributed by atoms with Crippen molar-refractivity contribution in [2.75, 3.05) is 32.1 Å². The van der Waals surface area contributed by atoms with Crippen LogP contribution in [0.5, 0.6) is 5.75 Å². The van der Waals surface area contributed by atoms with E-state index in [2.05, 4.69) is 20.5 Å². The molecule has 2 aromatic rings. The van der Waals surface area contributed by atoms with Gasteiger partial charge in [-0.1, -0.05) is 11.6 Å². The van der Waals surface area contributed by atoms with E-state index >= 15 is 0 Å². The molecule has 2 amide bonds. The largest absolute Gasteiger partial charge is 0.495 e. The van der Waals surface area contributed by atoms with Crippen LogP contribution in [0.25, 0.3) is 0 Å². The van der Waals surface area contributed by atoms with E-state index in [-0.39, 0.29) is 18.0 Å². The zero-order valence-corrected chi connectivity index (χ0v) is 18.4. The van der Waals surface area contributed by atoms with Crippen molar-refractivity contribution in [2.24, 2.45) is 0 Å². The second-order valence-corrected chi connectivity index (χ2v) is 8.98. The van der Waals surface area contributed by atoms with Gasteiger partial charge in [-0.15, -0.1) is 0 Å². The Kier molecular flexibility index (Phi) is 6.65. The Morgan fingerprint density at radius 3 is 2.68 bits per heavy atom. The lowest BCUT2D eigenvalue weighted by Gasteiger charge is -2.45. The molecule has 1 aliphatic carbocycles. The Morgan fingerprint density at radius 2 is 2.06 bits per heavy atom. The summed E-state index contributed by atoms with van der Waals surface area (Å²) >= 11 is 5.92. The maximum absolute atomic E-state index is 12.7. The first-order valence-corrected chi connectivity index (χ1v) is 11.1. The smallest absolute Gasteiger partial charge is 0.319 e. The zero-order valence-electron chi connectivity index (χ0n) is 17.7. The van der Waals surface area contributed by atoms with Crippen LogP contribution in [0.2, 0.25) is 5.02 Å². The molecule has 1 aliphatic heterocycles. The van der Waals surface area contributed by atoms with E-state index in [1.54, 1.807) is 37.6 Å². The summed E-state index contributed by atoms with van der Waals surface area (Å²) in [6.45, 7) is 2.22. The lowest BCUT2D eigenvalue weighted by atomic mass is 9.79. The summed E-state index contributed by atoms with van der Waals surface area (Å²) in [6, 6.07) is 10.6. The number of anilines is 1. The van der Waals surface area contributed by atoms with Crippen molar-refractivity contribution in [3.8, 4) is 5.75 Å². The van der Waals surface area contributed by atoms with Crippen molar-refractivity contribution in [1.82, 2.24) is 15.2 Å². The van der Waals surface area contributed by atoms with Crippen molar-refractivity contribution >= 4 is 23.3 Å². The van der Waals surface area contributed by atoms with Crippen LogP contribution in [0, 0.1) is 0 Å². The number of hydrogen-bond donors (Lipinski definition) is 3. The second kappa shape index (κ2) is 9.42. The molecule has 1 saturated carbocycles. The van der Waals surface area contributed by atoms with E-state index in [0.29, 0.717) is 23.0 Å². The highest BCUT2D eigenvalue weighted by atomic mass is 35.5. The third kappa shape index (κ3) is 5.47. The Bertz CT molecular complexity index is 887. The molecular formula is C23H29ClN4O3. The number of carbonyl (C=O) groups excluding carboxylic acids is 1. The van der Waals surface area contributed by atoms with E-state index in [1.807, 2.05) is 12.1 Å². The first-order valence-electron chi connectivity index (χ1n) is 10.7. The number of ether oxygens (including phenoxy) is 1. The van der Waals surface area contributed by atoms with Crippen LogP contribution >= 0.6 is 11.6 Å². The number of pyridine rings is 1. The number of nitrogens with one attached hydrogen (secondary N) is 2. The van der Waals surface area contributed by atoms with Crippen LogP contribution in [0.15, 0.2) is 42.6 Å². The molecule has 2 aliphatic rings. The molecule has 31 heavy (non-hydrogen) atoms. The molecule has 8 heteroatoms. The fraction of sp³-hybridized carbons (Fsp3) is 0.478. The highest BCUT2D eigenvalue weighted by Crippen LogP contribution is 2.35. The maximum atomic E-state index is 12.7. The number of aromatic nitrogens is 1. The number of piperidine rings is 1. The van der Waals surface area contributed by atoms with Gasteiger partial charge in [0.05, 0.1) is 18.9 Å². The molecule has 1 saturated heterocycles. The van der Waals surface area contributed by atoms with Crippen molar-refractivity contribution in [3.63, 3.8) is 0 Å². The minimum absolute atomic E-state index is 0.0132. The molecule has 0 unspecified atom stereocenters. The topological polar surface area (TPSA) is 86.7 Å². The number of carbonyl (C=O) groups is 1. The molecule has 0 bridgehead atoms. The predicted octanol–water partition coefficient (Wildman–Crippen LogP) is 3.64. The molecule has 166 valence electrons. The highest BCUT2D eigenvalue weighted by molar-refractivity contribution is 6.30. The van der Waals surface area contributed by atoms with Gasteiger partial charge in [-0.05, 0) is 62.1 Å². The number of nitrogens with zero attached hydrogens (tertiary/aromatic N) is 2. The summed E-state index contributed by atoms with van der Waals surface area (Å²) in [6.07, 6.45) is 5.30. The van der Waals surface area contributed by atoms with Gasteiger partial charge in [0.2, 0.25) is 0 Å². The van der Waals surface area contributed by atoms with Gasteiger partial charge in [-0.25, -0.2) is 4.79 Å². The van der Waals surface area contributed by atoms with Crippen molar-refractivity contribution in [2.45, 2.75) is 43.2 Å². The minimum Gasteiger partial charge on any atom is -0.495 e. The van der Waals surface area contributed by atoms with Crippen LogP contribution < -0.4 is 15.4 Å². The summed E-state index contributed by atoms with van der Waals surface area (Å²) in [5.74, 6) is 0.712. The SMILES string of the molecule is COc1ccc([C@@H]2CN(CC3(O)CCC3)CC[C@H]2NC(=O)Nc2ccc(Cl)cc2)nc1. The third-order valence-corrected chi connectivity index (χ3v) is 6.54. The van der Waals surface area contributed by atoms with Gasteiger partial charge in [-0.3, -0.25) is 9.88 Å². The summed E-state index contributed by atoms with van der Waals surface area (Å²) in [5.41, 5.74) is 1.03. The number of methoxy groups -OCH3 is 1. The minimum atomic E-state index is -0.565. The molecule has 2 atom stereocenters. The van der Waals surface area contributed by atoms with Gasteiger partial charge < -0.3 is 20.5 Å². The molecule has 2 fully saturated rings. The second-order valence-electron chi connectivity index (χ2n) is 8.54. The predicted molar refractivity (Wildman–Crippen MR) is 121 cm³/mol. The Labute approximate surface area is 187 Å². The van der Waals surface area contributed by atoms with Crippen LogP contribution in [0.4, 0.5) is 10.5 Å². The van der Waals surface area contributed by atoms with Crippen LogP contribution in [0.1, 0.15) is 37.3 Å². The molecule has 0 spiro atoms. The normalized spacial score (nSPS) is 22.9. The first-order chi connectivity index (χ1) is 14.9. The number of hydrogen-bond acceptors (Lipinski definition) is 5. The van der Waals surface area contributed by atoms with Gasteiger partial charge >= 0.3 is 6.03 Å². The standard InChI is InChI=1S/C23H29ClN4O3/c1-31-18-7-8-20(25-13-18)19-14-28(15-23(30)10-2-11-23)12-9-21(19)27-22(29)26-17-5-3-16(24)4-6-17/h3-8,13,19,21,30H,2,9-12,14-15H2,1H3,(H2,26,27,29)/t19-,21+/m0/s1. The Morgan fingerprint density at radius 1 is 1.29 bits per heavy atom.